The van der Waals surface area contributed by atoms with Gasteiger partial charge in [-0.15, -0.1) is 0 Å². The molecule has 0 unspecified atom stereocenters. The lowest BCUT2D eigenvalue weighted by Crippen LogP contribution is -2.21. The van der Waals surface area contributed by atoms with Crippen molar-refractivity contribution in [3.8, 4) is 0 Å². The zero-order valence-corrected chi connectivity index (χ0v) is 12.8. The number of nitrogens with one attached hydrogen (secondary N) is 1. The average Bonchev–Trinajstić information content (AvgIpc) is 2.61. The van der Waals surface area contributed by atoms with E-state index in [1.165, 1.54) is 0 Å². The molecule has 23 heavy (non-hydrogen) atoms. The number of ether oxygens (including phenoxy) is 1. The largest absolute Gasteiger partial charge is 0.460 e. The van der Waals surface area contributed by atoms with Crippen LogP contribution in [0.4, 0.5) is 0 Å². The number of benzene rings is 2. The van der Waals surface area contributed by atoms with Crippen LogP contribution in [0.3, 0.4) is 0 Å². The molecule has 1 N–H and O–H groups in total. The monoisotopic (exact) mass is 309 g/mol. The Morgan fingerprint density at radius 1 is 0.957 bits per heavy atom. The van der Waals surface area contributed by atoms with Crippen molar-refractivity contribution in [2.24, 2.45) is 0 Å². The average molecular weight is 309 g/mol. The van der Waals surface area contributed by atoms with Crippen LogP contribution in [0.2, 0.25) is 0 Å². The van der Waals surface area contributed by atoms with E-state index in [-0.39, 0.29) is 19.1 Å². The molecule has 4 nitrogen and oxygen atoms in total. The molecule has 2 rings (SSSR count). The van der Waals surface area contributed by atoms with Gasteiger partial charge in [-0.2, -0.15) is 0 Å². The fourth-order valence-corrected chi connectivity index (χ4v) is 2.01. The number of carbonyl (C=O) groups excluding carboxylic acids is 2. The first kappa shape index (κ1) is 16.5. The summed E-state index contributed by atoms with van der Waals surface area (Å²) in [5, 5.41) is 2.82. The van der Waals surface area contributed by atoms with Gasteiger partial charge >= 0.3 is 5.97 Å². The van der Waals surface area contributed by atoms with E-state index in [9.17, 15) is 9.59 Å². The summed E-state index contributed by atoms with van der Waals surface area (Å²) in [4.78, 5) is 22.7. The predicted octanol–water partition coefficient (Wildman–Crippen LogP) is 2.64. The second-order valence-electron chi connectivity index (χ2n) is 5.03. The van der Waals surface area contributed by atoms with Gasteiger partial charge in [-0.1, -0.05) is 60.7 Å². The van der Waals surface area contributed by atoms with Crippen molar-refractivity contribution in [3.05, 3.63) is 83.6 Å². The summed E-state index contributed by atoms with van der Waals surface area (Å²) in [5.74, 6) is -0.366. The van der Waals surface area contributed by atoms with Gasteiger partial charge in [0.25, 0.3) is 0 Å². The molecule has 0 amide bonds. The van der Waals surface area contributed by atoms with Crippen LogP contribution < -0.4 is 5.32 Å². The second-order valence-corrected chi connectivity index (χ2v) is 5.03. The highest BCUT2D eigenvalue weighted by molar-refractivity contribution is 5.75. The first-order valence-corrected chi connectivity index (χ1v) is 7.39. The summed E-state index contributed by atoms with van der Waals surface area (Å²) < 4.78 is 5.14. The quantitative estimate of drug-likeness (QED) is 0.463. The molecule has 0 saturated carbocycles. The van der Waals surface area contributed by atoms with E-state index in [2.05, 4.69) is 5.32 Å². The lowest BCUT2D eigenvalue weighted by atomic mass is 10.1. The topological polar surface area (TPSA) is 55.4 Å². The van der Waals surface area contributed by atoms with Crippen molar-refractivity contribution in [1.82, 2.24) is 5.32 Å². The molecule has 0 atom stereocenters. The van der Waals surface area contributed by atoms with Gasteiger partial charge in [0.05, 0.1) is 0 Å². The molecule has 2 aromatic rings. The summed E-state index contributed by atoms with van der Waals surface area (Å²) in [6.07, 6.45) is 2.87. The number of hydrogen-bond acceptors (Lipinski definition) is 4. The van der Waals surface area contributed by atoms with Gasteiger partial charge in [-0.25, -0.2) is 0 Å². The van der Waals surface area contributed by atoms with E-state index in [0.717, 1.165) is 17.4 Å². The van der Waals surface area contributed by atoms with Crippen LogP contribution >= 0.6 is 0 Å². The SMILES string of the molecule is O=CC(=CNCC(=O)OCc1ccccc1)Cc1ccccc1. The van der Waals surface area contributed by atoms with Crippen LogP contribution in [0, 0.1) is 0 Å². The smallest absolute Gasteiger partial charge is 0.325 e. The van der Waals surface area contributed by atoms with Gasteiger partial charge in [0.1, 0.15) is 19.4 Å². The summed E-state index contributed by atoms with van der Waals surface area (Å²) in [6.45, 7) is 0.272. The van der Waals surface area contributed by atoms with Crippen molar-refractivity contribution in [3.63, 3.8) is 0 Å². The van der Waals surface area contributed by atoms with Crippen LogP contribution in [-0.2, 0) is 27.4 Å². The highest BCUT2D eigenvalue weighted by Crippen LogP contribution is 2.05. The highest BCUT2D eigenvalue weighted by atomic mass is 16.5. The minimum absolute atomic E-state index is 0.0267. The number of carbonyl (C=O) groups is 2. The third-order valence-electron chi connectivity index (χ3n) is 3.18. The molecule has 4 heteroatoms. The summed E-state index contributed by atoms with van der Waals surface area (Å²) >= 11 is 0. The molecule has 0 spiro atoms. The summed E-state index contributed by atoms with van der Waals surface area (Å²) in [6, 6.07) is 19.2. The zero-order valence-electron chi connectivity index (χ0n) is 12.8. The minimum Gasteiger partial charge on any atom is -0.460 e. The lowest BCUT2D eigenvalue weighted by molar-refractivity contribution is -0.143. The van der Waals surface area contributed by atoms with Crippen LogP contribution in [0.15, 0.2) is 72.4 Å². The molecule has 0 aromatic heterocycles. The van der Waals surface area contributed by atoms with Gasteiger partial charge < -0.3 is 10.1 Å². The Labute approximate surface area is 135 Å². The standard InChI is InChI=1S/C19H19NO3/c21-14-18(11-16-7-3-1-4-8-16)12-20-13-19(22)23-15-17-9-5-2-6-10-17/h1-10,12,14,20H,11,13,15H2. The molecule has 0 fully saturated rings. The maximum Gasteiger partial charge on any atom is 0.325 e. The zero-order chi connectivity index (χ0) is 16.3. The van der Waals surface area contributed by atoms with Gasteiger partial charge in [0, 0.05) is 18.2 Å². The Bertz CT molecular complexity index is 651. The predicted molar refractivity (Wildman–Crippen MR) is 88.5 cm³/mol. The molecule has 2 aromatic carbocycles. The molecular formula is C19H19NO3. The Kier molecular flexibility index (Phi) is 6.60. The van der Waals surface area contributed by atoms with Crippen LogP contribution in [0.25, 0.3) is 0 Å². The molecule has 0 heterocycles. The molecule has 0 saturated heterocycles. The van der Waals surface area contributed by atoms with E-state index in [1.807, 2.05) is 60.7 Å². The van der Waals surface area contributed by atoms with E-state index >= 15 is 0 Å². The highest BCUT2D eigenvalue weighted by Gasteiger charge is 2.03. The maximum absolute atomic E-state index is 11.6. The number of allylic oxidation sites excluding steroid dienone is 1. The fraction of sp³-hybridized carbons (Fsp3) is 0.158. The number of hydrogen-bond donors (Lipinski definition) is 1. The van der Waals surface area contributed by atoms with Crippen LogP contribution in [0.1, 0.15) is 11.1 Å². The molecule has 0 aliphatic heterocycles. The molecule has 0 radical (unpaired) electrons. The Morgan fingerprint density at radius 3 is 2.17 bits per heavy atom. The number of esters is 1. The molecule has 0 aliphatic rings. The van der Waals surface area contributed by atoms with Crippen molar-refractivity contribution in [1.29, 1.82) is 0 Å². The first-order chi connectivity index (χ1) is 11.3. The molecule has 0 aliphatic carbocycles. The second kappa shape index (κ2) is 9.20. The van der Waals surface area contributed by atoms with Crippen molar-refractivity contribution < 1.29 is 14.3 Å². The van der Waals surface area contributed by atoms with Crippen molar-refractivity contribution in [2.45, 2.75) is 13.0 Å². The summed E-state index contributed by atoms with van der Waals surface area (Å²) in [7, 11) is 0. The van der Waals surface area contributed by atoms with E-state index in [4.69, 9.17) is 4.74 Å². The van der Waals surface area contributed by atoms with Crippen LogP contribution in [0.5, 0.6) is 0 Å². The third kappa shape index (κ3) is 6.18. The van der Waals surface area contributed by atoms with E-state index in [1.54, 1.807) is 6.20 Å². The minimum atomic E-state index is -0.366. The molecular weight excluding hydrogens is 290 g/mol. The first-order valence-electron chi connectivity index (χ1n) is 7.39. The van der Waals surface area contributed by atoms with E-state index < -0.39 is 0 Å². The fourth-order valence-electron chi connectivity index (χ4n) is 2.01. The molecule has 0 bridgehead atoms. The van der Waals surface area contributed by atoms with Crippen LogP contribution in [-0.4, -0.2) is 18.8 Å². The number of aldehydes is 1. The normalized spacial score (nSPS) is 10.9. The number of rotatable bonds is 8. The summed E-state index contributed by atoms with van der Waals surface area (Å²) in [5.41, 5.74) is 2.56. The lowest BCUT2D eigenvalue weighted by Gasteiger charge is -2.06. The van der Waals surface area contributed by atoms with Crippen molar-refractivity contribution in [2.75, 3.05) is 6.54 Å². The Balaban J connectivity index is 1.75. The van der Waals surface area contributed by atoms with Crippen molar-refractivity contribution >= 4 is 12.3 Å². The van der Waals surface area contributed by atoms with Gasteiger partial charge in [-0.05, 0) is 11.1 Å². The Morgan fingerprint density at radius 2 is 1.57 bits per heavy atom. The third-order valence-corrected chi connectivity index (χ3v) is 3.18. The van der Waals surface area contributed by atoms with Gasteiger partial charge in [-0.3, -0.25) is 9.59 Å². The van der Waals surface area contributed by atoms with Gasteiger partial charge in [0.15, 0.2) is 0 Å². The van der Waals surface area contributed by atoms with E-state index in [0.29, 0.717) is 12.0 Å². The van der Waals surface area contributed by atoms with Gasteiger partial charge in [0.2, 0.25) is 0 Å². The molecule has 118 valence electrons. The Hall–Kier alpha value is -2.88. The maximum atomic E-state index is 11.6.